The van der Waals surface area contributed by atoms with Gasteiger partial charge in [0.2, 0.25) is 10.8 Å². The molecule has 1 aromatic carbocycles. The van der Waals surface area contributed by atoms with Crippen molar-refractivity contribution >= 4 is 16.3 Å². The van der Waals surface area contributed by atoms with E-state index in [0.29, 0.717) is 12.4 Å². The summed E-state index contributed by atoms with van der Waals surface area (Å²) < 4.78 is 7.14. The maximum atomic E-state index is 10.8. The number of benzene rings is 1. The van der Waals surface area contributed by atoms with Crippen molar-refractivity contribution in [1.29, 1.82) is 0 Å². The highest BCUT2D eigenvalue weighted by Crippen LogP contribution is 2.41. The summed E-state index contributed by atoms with van der Waals surface area (Å²) in [6.45, 7) is 6.54. The van der Waals surface area contributed by atoms with E-state index >= 15 is 0 Å². The van der Waals surface area contributed by atoms with Gasteiger partial charge in [0.1, 0.15) is 11.6 Å². The van der Waals surface area contributed by atoms with Crippen LogP contribution in [0.2, 0.25) is 0 Å². The summed E-state index contributed by atoms with van der Waals surface area (Å²) in [6, 6.07) is 8.23. The fourth-order valence-electron chi connectivity index (χ4n) is 3.64. The van der Waals surface area contributed by atoms with Gasteiger partial charge in [-0.05, 0) is 57.5 Å². The molecule has 138 valence electrons. The van der Waals surface area contributed by atoms with Gasteiger partial charge < -0.3 is 9.84 Å². The van der Waals surface area contributed by atoms with Gasteiger partial charge >= 0.3 is 0 Å². The Hall–Kier alpha value is -2.12. The van der Waals surface area contributed by atoms with Gasteiger partial charge in [0.15, 0.2) is 0 Å². The van der Waals surface area contributed by atoms with Crippen molar-refractivity contribution in [1.82, 2.24) is 19.5 Å². The molecule has 1 saturated heterocycles. The lowest BCUT2D eigenvalue weighted by Gasteiger charge is -2.34. The molecule has 1 unspecified atom stereocenters. The molecule has 0 spiro atoms. The number of aromatic nitrogens is 3. The molecule has 0 aliphatic carbocycles. The lowest BCUT2D eigenvalue weighted by Crippen LogP contribution is -2.34. The number of ether oxygens (including phenoxy) is 1. The molecular formula is C19H24N4O2S. The fraction of sp³-hybridized carbons (Fsp3) is 0.474. The summed E-state index contributed by atoms with van der Waals surface area (Å²) in [5.41, 5.74) is 1.16. The molecular weight excluding hydrogens is 348 g/mol. The lowest BCUT2D eigenvalue weighted by atomic mass is 10.0. The second kappa shape index (κ2) is 7.25. The van der Waals surface area contributed by atoms with E-state index in [1.807, 2.05) is 26.0 Å². The third-order valence-corrected chi connectivity index (χ3v) is 5.89. The number of piperidine rings is 1. The molecule has 26 heavy (non-hydrogen) atoms. The number of hydrogen-bond donors (Lipinski definition) is 1. The van der Waals surface area contributed by atoms with Crippen LogP contribution in [0.3, 0.4) is 0 Å². The average Bonchev–Trinajstić information content (AvgIpc) is 3.16. The minimum absolute atomic E-state index is 0.0137. The predicted molar refractivity (Wildman–Crippen MR) is 102 cm³/mol. The van der Waals surface area contributed by atoms with E-state index in [1.165, 1.54) is 30.6 Å². The molecule has 1 aliphatic rings. The Labute approximate surface area is 157 Å². The second-order valence-electron chi connectivity index (χ2n) is 6.64. The topological polar surface area (TPSA) is 62.9 Å². The van der Waals surface area contributed by atoms with E-state index in [0.717, 1.165) is 34.2 Å². The zero-order chi connectivity index (χ0) is 18.1. The smallest absolute Gasteiger partial charge is 0.230 e. The van der Waals surface area contributed by atoms with E-state index in [2.05, 4.69) is 27.1 Å². The predicted octanol–water partition coefficient (Wildman–Crippen LogP) is 3.78. The normalized spacial score (nSPS) is 16.8. The average molecular weight is 372 g/mol. The molecule has 0 bridgehead atoms. The summed E-state index contributed by atoms with van der Waals surface area (Å²) in [7, 11) is 0. The summed E-state index contributed by atoms with van der Waals surface area (Å²) in [5, 5.41) is 15.1. The lowest BCUT2D eigenvalue weighted by molar-refractivity contribution is 0.186. The summed E-state index contributed by atoms with van der Waals surface area (Å²) in [4.78, 5) is 8.53. The van der Waals surface area contributed by atoms with Crippen LogP contribution in [0.4, 0.5) is 0 Å². The minimum atomic E-state index is 0.0137. The molecule has 6 nitrogen and oxygen atoms in total. The Bertz CT molecular complexity index is 881. The van der Waals surface area contributed by atoms with Crippen LogP contribution in [-0.4, -0.2) is 44.3 Å². The fourth-order valence-corrected chi connectivity index (χ4v) is 4.81. The van der Waals surface area contributed by atoms with Crippen LogP contribution < -0.4 is 4.74 Å². The van der Waals surface area contributed by atoms with Crippen molar-refractivity contribution < 1.29 is 9.84 Å². The van der Waals surface area contributed by atoms with E-state index in [1.54, 1.807) is 4.52 Å². The minimum Gasteiger partial charge on any atom is -0.494 e. The number of fused-ring (bicyclic) bond motifs is 1. The first-order chi connectivity index (χ1) is 12.7. The molecule has 3 aromatic rings. The van der Waals surface area contributed by atoms with Gasteiger partial charge in [-0.25, -0.2) is 4.98 Å². The van der Waals surface area contributed by atoms with Crippen molar-refractivity contribution in [2.24, 2.45) is 0 Å². The van der Waals surface area contributed by atoms with E-state index in [4.69, 9.17) is 4.74 Å². The van der Waals surface area contributed by atoms with Crippen LogP contribution in [0.1, 0.15) is 48.5 Å². The Morgan fingerprint density at radius 3 is 2.58 bits per heavy atom. The number of nitrogens with zero attached hydrogens (tertiary/aromatic N) is 4. The highest BCUT2D eigenvalue weighted by Gasteiger charge is 2.30. The van der Waals surface area contributed by atoms with E-state index < -0.39 is 0 Å². The van der Waals surface area contributed by atoms with Crippen molar-refractivity contribution in [2.45, 2.75) is 39.2 Å². The van der Waals surface area contributed by atoms with Crippen LogP contribution in [0.5, 0.6) is 11.6 Å². The Balaban J connectivity index is 1.76. The maximum absolute atomic E-state index is 10.8. The Morgan fingerprint density at radius 1 is 1.19 bits per heavy atom. The molecule has 3 heterocycles. The maximum Gasteiger partial charge on any atom is 0.230 e. The number of rotatable bonds is 5. The van der Waals surface area contributed by atoms with Crippen LogP contribution in [0, 0.1) is 6.92 Å². The van der Waals surface area contributed by atoms with Gasteiger partial charge in [0, 0.05) is 0 Å². The van der Waals surface area contributed by atoms with Gasteiger partial charge in [-0.3, -0.25) is 4.90 Å². The third-order valence-electron chi connectivity index (χ3n) is 4.82. The summed E-state index contributed by atoms with van der Waals surface area (Å²) in [6.07, 6.45) is 3.65. The van der Waals surface area contributed by atoms with Crippen molar-refractivity contribution in [3.63, 3.8) is 0 Å². The highest BCUT2D eigenvalue weighted by molar-refractivity contribution is 7.17. The van der Waals surface area contributed by atoms with Gasteiger partial charge in [0.05, 0.1) is 17.5 Å². The molecule has 0 amide bonds. The largest absolute Gasteiger partial charge is 0.494 e. The van der Waals surface area contributed by atoms with Crippen molar-refractivity contribution in [3.05, 3.63) is 40.5 Å². The molecule has 1 aliphatic heterocycles. The monoisotopic (exact) mass is 372 g/mol. The molecule has 1 N–H and O–H groups in total. The molecule has 1 atom stereocenters. The van der Waals surface area contributed by atoms with Crippen LogP contribution >= 0.6 is 11.3 Å². The van der Waals surface area contributed by atoms with E-state index in [9.17, 15) is 5.11 Å². The highest BCUT2D eigenvalue weighted by atomic mass is 32.1. The molecule has 0 radical (unpaired) electrons. The molecule has 4 rings (SSSR count). The molecule has 2 aromatic heterocycles. The number of likely N-dealkylation sites (tertiary alicyclic amines) is 1. The third kappa shape index (κ3) is 3.17. The zero-order valence-electron chi connectivity index (χ0n) is 15.2. The Morgan fingerprint density at radius 2 is 1.92 bits per heavy atom. The van der Waals surface area contributed by atoms with E-state index in [-0.39, 0.29) is 11.9 Å². The van der Waals surface area contributed by atoms with Gasteiger partial charge in [0.25, 0.3) is 0 Å². The summed E-state index contributed by atoms with van der Waals surface area (Å²) >= 11 is 1.52. The molecule has 0 saturated carbocycles. The standard InChI is InChI=1S/C19H24N4O2S/c1-3-25-15-9-7-14(8-10-15)16(22-11-5-4-6-12-22)17-18(24)23-19(26-17)20-13(2)21-23/h7-10,16,24H,3-6,11-12H2,1-2H3. The Kier molecular flexibility index (Phi) is 4.82. The number of hydrogen-bond acceptors (Lipinski definition) is 6. The first-order valence-corrected chi connectivity index (χ1v) is 10.0. The van der Waals surface area contributed by atoms with Crippen molar-refractivity contribution in [2.75, 3.05) is 19.7 Å². The number of aromatic hydroxyl groups is 1. The first kappa shape index (κ1) is 17.3. The number of thiazole rings is 1. The second-order valence-corrected chi connectivity index (χ2v) is 7.65. The van der Waals surface area contributed by atoms with Crippen LogP contribution in [-0.2, 0) is 0 Å². The quantitative estimate of drug-likeness (QED) is 0.738. The van der Waals surface area contributed by atoms with Gasteiger partial charge in [-0.2, -0.15) is 4.52 Å². The molecule has 1 fully saturated rings. The first-order valence-electron chi connectivity index (χ1n) is 9.19. The zero-order valence-corrected chi connectivity index (χ0v) is 16.0. The van der Waals surface area contributed by atoms with Gasteiger partial charge in [-0.15, -0.1) is 5.10 Å². The van der Waals surface area contributed by atoms with Crippen LogP contribution in [0.25, 0.3) is 4.96 Å². The number of aryl methyl sites for hydroxylation is 1. The molecule has 7 heteroatoms. The SMILES string of the molecule is CCOc1ccc(C(c2sc3nc(C)nn3c2O)N2CCCCC2)cc1. The summed E-state index contributed by atoms with van der Waals surface area (Å²) in [5.74, 6) is 1.75. The van der Waals surface area contributed by atoms with Gasteiger partial charge in [-0.1, -0.05) is 29.9 Å². The van der Waals surface area contributed by atoms with Crippen molar-refractivity contribution in [3.8, 4) is 11.6 Å². The van der Waals surface area contributed by atoms with Crippen LogP contribution in [0.15, 0.2) is 24.3 Å².